The lowest BCUT2D eigenvalue weighted by molar-refractivity contribution is 0.0381. The van der Waals surface area contributed by atoms with Crippen molar-refractivity contribution in [3.8, 4) is 0 Å². The van der Waals surface area contributed by atoms with E-state index < -0.39 is 6.09 Å². The molecule has 0 N–H and O–H groups in total. The maximum atomic E-state index is 14.6. The van der Waals surface area contributed by atoms with E-state index in [-0.39, 0.29) is 11.9 Å². The van der Waals surface area contributed by atoms with Gasteiger partial charge in [0.05, 0.1) is 44.3 Å². The first-order valence-corrected chi connectivity index (χ1v) is 9.43. The molecule has 2 aromatic carbocycles. The average Bonchev–Trinajstić information content (AvgIpc) is 3.10. The van der Waals surface area contributed by atoms with Crippen LogP contribution in [0.3, 0.4) is 0 Å². The number of carbonyl (C=O) groups excluding carboxylic acids is 1. The molecular weight excluding hydrogens is 363 g/mol. The van der Waals surface area contributed by atoms with E-state index in [9.17, 15) is 9.18 Å². The third-order valence-electron chi connectivity index (χ3n) is 4.88. The Labute approximate surface area is 163 Å². The first-order valence-electron chi connectivity index (χ1n) is 9.43. The highest BCUT2D eigenvalue weighted by molar-refractivity contribution is 5.90. The topological polar surface area (TPSA) is 51.2 Å². The Hall–Kier alpha value is -2.64. The van der Waals surface area contributed by atoms with Crippen molar-refractivity contribution in [1.82, 2.24) is 0 Å². The Kier molecular flexibility index (Phi) is 5.73. The van der Waals surface area contributed by atoms with Crippen molar-refractivity contribution in [2.45, 2.75) is 12.7 Å². The van der Waals surface area contributed by atoms with Crippen LogP contribution in [0.5, 0.6) is 0 Å². The van der Waals surface area contributed by atoms with Crippen LogP contribution in [0.4, 0.5) is 20.6 Å². The lowest BCUT2D eigenvalue weighted by Gasteiger charge is -2.29. The third kappa shape index (κ3) is 4.26. The molecule has 1 atom stereocenters. The number of rotatable bonds is 6. The second-order valence-electron chi connectivity index (χ2n) is 6.85. The van der Waals surface area contributed by atoms with Gasteiger partial charge in [-0.1, -0.05) is 30.3 Å². The van der Waals surface area contributed by atoms with E-state index in [2.05, 4.69) is 0 Å². The van der Waals surface area contributed by atoms with E-state index in [1.54, 1.807) is 12.1 Å². The number of amides is 1. The molecule has 1 amide bonds. The first kappa shape index (κ1) is 18.7. The Morgan fingerprint density at radius 2 is 1.89 bits per heavy atom. The summed E-state index contributed by atoms with van der Waals surface area (Å²) in [5.74, 6) is -0.351. The zero-order valence-corrected chi connectivity index (χ0v) is 15.6. The van der Waals surface area contributed by atoms with Gasteiger partial charge in [0.2, 0.25) is 0 Å². The Balaban J connectivity index is 1.35. The molecule has 2 aliphatic rings. The minimum atomic E-state index is -0.480. The van der Waals surface area contributed by atoms with E-state index in [1.165, 1.54) is 11.0 Å². The van der Waals surface area contributed by atoms with Crippen molar-refractivity contribution in [1.29, 1.82) is 0 Å². The van der Waals surface area contributed by atoms with Gasteiger partial charge in [0.1, 0.15) is 11.9 Å². The van der Waals surface area contributed by atoms with Gasteiger partial charge in [-0.25, -0.2) is 9.18 Å². The summed E-state index contributed by atoms with van der Waals surface area (Å²) in [6.07, 6.45) is -0.856. The van der Waals surface area contributed by atoms with Crippen molar-refractivity contribution in [3.63, 3.8) is 0 Å². The van der Waals surface area contributed by atoms with Crippen LogP contribution in [0.15, 0.2) is 48.5 Å². The summed E-state index contributed by atoms with van der Waals surface area (Å²) < 4.78 is 31.0. The summed E-state index contributed by atoms with van der Waals surface area (Å²) in [5, 5.41) is 0. The van der Waals surface area contributed by atoms with Crippen LogP contribution >= 0.6 is 0 Å². The van der Waals surface area contributed by atoms with Crippen LogP contribution in [-0.2, 0) is 20.8 Å². The second-order valence-corrected chi connectivity index (χ2v) is 6.85. The maximum Gasteiger partial charge on any atom is 0.414 e. The van der Waals surface area contributed by atoms with Gasteiger partial charge >= 0.3 is 6.09 Å². The molecule has 2 aliphatic heterocycles. The highest BCUT2D eigenvalue weighted by Crippen LogP contribution is 2.28. The molecule has 2 fully saturated rings. The van der Waals surface area contributed by atoms with Crippen LogP contribution in [0.1, 0.15) is 5.56 Å². The number of hydrogen-bond donors (Lipinski definition) is 0. The van der Waals surface area contributed by atoms with E-state index >= 15 is 0 Å². The summed E-state index contributed by atoms with van der Waals surface area (Å²) in [6, 6.07) is 14.7. The number of ether oxygens (including phenoxy) is 3. The highest BCUT2D eigenvalue weighted by Gasteiger charge is 2.33. The fourth-order valence-corrected chi connectivity index (χ4v) is 3.43. The van der Waals surface area contributed by atoms with Crippen LogP contribution < -0.4 is 9.80 Å². The van der Waals surface area contributed by atoms with Gasteiger partial charge < -0.3 is 19.1 Å². The summed E-state index contributed by atoms with van der Waals surface area (Å²) >= 11 is 0. The highest BCUT2D eigenvalue weighted by atomic mass is 19.1. The summed E-state index contributed by atoms with van der Waals surface area (Å²) in [6.45, 7) is 3.58. The molecule has 4 rings (SSSR count). The molecule has 7 heteroatoms. The standard InChI is InChI=1S/C21H23FN2O4/c22-19-12-17(6-7-20(19)23-8-10-26-11-9-23)24-13-18(28-21(24)25)15-27-14-16-4-2-1-3-5-16/h1-7,12,18H,8-11,13-15H2/t18-/m1/s1. The van der Waals surface area contributed by atoms with E-state index in [1.807, 2.05) is 35.2 Å². The Morgan fingerprint density at radius 1 is 1.11 bits per heavy atom. The van der Waals surface area contributed by atoms with Gasteiger partial charge in [0.15, 0.2) is 0 Å². The Morgan fingerprint density at radius 3 is 2.64 bits per heavy atom. The smallest absolute Gasteiger partial charge is 0.414 e. The fraction of sp³-hybridized carbons (Fsp3) is 0.381. The lowest BCUT2D eigenvalue weighted by Crippen LogP contribution is -2.36. The molecule has 0 bridgehead atoms. The normalized spacial score (nSPS) is 19.8. The molecule has 0 spiro atoms. The average molecular weight is 386 g/mol. The number of halogens is 1. The van der Waals surface area contributed by atoms with Crippen LogP contribution in [0.25, 0.3) is 0 Å². The SMILES string of the molecule is O=C1O[C@@H](COCc2ccccc2)CN1c1ccc(N2CCOCC2)c(F)c1. The van der Waals surface area contributed by atoms with Gasteiger partial charge in [-0.2, -0.15) is 0 Å². The number of benzene rings is 2. The zero-order chi connectivity index (χ0) is 19.3. The minimum Gasteiger partial charge on any atom is -0.441 e. The van der Waals surface area contributed by atoms with E-state index in [0.29, 0.717) is 57.4 Å². The monoisotopic (exact) mass is 386 g/mol. The van der Waals surface area contributed by atoms with Crippen LogP contribution in [0.2, 0.25) is 0 Å². The predicted octanol–water partition coefficient (Wildman–Crippen LogP) is 3.20. The molecule has 0 aromatic heterocycles. The van der Waals surface area contributed by atoms with Crippen LogP contribution in [-0.4, -0.2) is 51.7 Å². The molecule has 0 saturated carbocycles. The molecule has 0 aliphatic carbocycles. The van der Waals surface area contributed by atoms with E-state index in [4.69, 9.17) is 14.2 Å². The number of nitrogens with zero attached hydrogens (tertiary/aromatic N) is 2. The van der Waals surface area contributed by atoms with Crippen molar-refractivity contribution in [3.05, 3.63) is 59.9 Å². The molecule has 2 aromatic rings. The molecular formula is C21H23FN2O4. The van der Waals surface area contributed by atoms with Gasteiger partial charge in [0.25, 0.3) is 0 Å². The predicted molar refractivity (Wildman–Crippen MR) is 103 cm³/mol. The quantitative estimate of drug-likeness (QED) is 0.763. The molecule has 2 saturated heterocycles. The lowest BCUT2D eigenvalue weighted by atomic mass is 10.2. The summed E-state index contributed by atoms with van der Waals surface area (Å²) in [4.78, 5) is 15.6. The minimum absolute atomic E-state index is 0.297. The summed E-state index contributed by atoms with van der Waals surface area (Å²) in [5.41, 5.74) is 2.08. The van der Waals surface area contributed by atoms with Crippen molar-refractivity contribution in [2.75, 3.05) is 49.3 Å². The number of morpholine rings is 1. The molecule has 28 heavy (non-hydrogen) atoms. The maximum absolute atomic E-state index is 14.6. The zero-order valence-electron chi connectivity index (χ0n) is 15.6. The second kappa shape index (κ2) is 8.58. The van der Waals surface area contributed by atoms with Gasteiger partial charge in [-0.3, -0.25) is 4.90 Å². The molecule has 0 unspecified atom stereocenters. The summed E-state index contributed by atoms with van der Waals surface area (Å²) in [7, 11) is 0. The van der Waals surface area contributed by atoms with Crippen molar-refractivity contribution < 1.29 is 23.4 Å². The van der Waals surface area contributed by atoms with Crippen molar-refractivity contribution in [2.24, 2.45) is 0 Å². The number of anilines is 2. The van der Waals surface area contributed by atoms with Crippen molar-refractivity contribution >= 4 is 17.5 Å². The number of cyclic esters (lactones) is 1. The molecule has 6 nitrogen and oxygen atoms in total. The first-order chi connectivity index (χ1) is 13.7. The van der Waals surface area contributed by atoms with Crippen LogP contribution in [0, 0.1) is 5.82 Å². The number of hydrogen-bond acceptors (Lipinski definition) is 5. The molecule has 0 radical (unpaired) electrons. The Bertz CT molecular complexity index is 811. The van der Waals surface area contributed by atoms with Gasteiger partial charge in [-0.15, -0.1) is 0 Å². The molecule has 148 valence electrons. The fourth-order valence-electron chi connectivity index (χ4n) is 3.43. The molecule has 2 heterocycles. The third-order valence-corrected chi connectivity index (χ3v) is 4.88. The van der Waals surface area contributed by atoms with Gasteiger partial charge in [-0.05, 0) is 23.8 Å². The van der Waals surface area contributed by atoms with Gasteiger partial charge in [0, 0.05) is 13.1 Å². The largest absolute Gasteiger partial charge is 0.441 e. The number of carbonyl (C=O) groups is 1. The van der Waals surface area contributed by atoms with E-state index in [0.717, 1.165) is 5.56 Å².